The number of hydrogen-bond donors (Lipinski definition) is 0. The molecule has 1 aromatic carbocycles. The van der Waals surface area contributed by atoms with Crippen LogP contribution in [0.15, 0.2) is 33.7 Å². The predicted molar refractivity (Wildman–Crippen MR) is 54.0 cm³/mol. The first-order valence-corrected chi connectivity index (χ1v) is 4.33. The lowest BCUT2D eigenvalue weighted by Crippen LogP contribution is -1.85. The number of furan rings is 1. The summed E-state index contributed by atoms with van der Waals surface area (Å²) in [6.45, 7) is 1.43. The van der Waals surface area contributed by atoms with Crippen molar-refractivity contribution in [3.8, 4) is 0 Å². The van der Waals surface area contributed by atoms with E-state index in [0.717, 1.165) is 5.39 Å². The van der Waals surface area contributed by atoms with Crippen molar-refractivity contribution in [2.45, 2.75) is 6.92 Å². The second-order valence-electron chi connectivity index (χ2n) is 3.09. The summed E-state index contributed by atoms with van der Waals surface area (Å²) in [7, 11) is 0. The van der Waals surface area contributed by atoms with E-state index in [-0.39, 0.29) is 5.78 Å². The van der Waals surface area contributed by atoms with Gasteiger partial charge in [-0.2, -0.15) is 4.99 Å². The van der Waals surface area contributed by atoms with E-state index in [1.165, 1.54) is 13.0 Å². The van der Waals surface area contributed by atoms with Gasteiger partial charge in [-0.15, -0.1) is 0 Å². The van der Waals surface area contributed by atoms with Gasteiger partial charge >= 0.3 is 0 Å². The van der Waals surface area contributed by atoms with E-state index < -0.39 is 0 Å². The molecule has 0 N–H and O–H groups in total. The van der Waals surface area contributed by atoms with Gasteiger partial charge in [0.2, 0.25) is 6.08 Å². The summed E-state index contributed by atoms with van der Waals surface area (Å²) in [5, 5.41) is 0.747. The highest BCUT2D eigenvalue weighted by atomic mass is 16.3. The van der Waals surface area contributed by atoms with Gasteiger partial charge < -0.3 is 4.42 Å². The Labute approximate surface area is 85.2 Å². The zero-order valence-electron chi connectivity index (χ0n) is 7.98. The van der Waals surface area contributed by atoms with Crippen LogP contribution in [-0.4, -0.2) is 11.9 Å². The molecule has 0 amide bonds. The number of ketones is 1. The molecule has 0 spiro atoms. The van der Waals surface area contributed by atoms with Crippen molar-refractivity contribution < 1.29 is 14.0 Å². The molecule has 1 aromatic heterocycles. The number of rotatable bonds is 2. The molecular formula is C11H7NO3. The van der Waals surface area contributed by atoms with Crippen molar-refractivity contribution in [3.05, 3.63) is 30.0 Å². The van der Waals surface area contributed by atoms with Crippen LogP contribution in [0.4, 0.5) is 5.69 Å². The van der Waals surface area contributed by atoms with Crippen LogP contribution in [0.25, 0.3) is 11.0 Å². The monoisotopic (exact) mass is 201 g/mol. The average Bonchev–Trinajstić information content (AvgIpc) is 2.61. The van der Waals surface area contributed by atoms with Crippen molar-refractivity contribution in [1.29, 1.82) is 0 Å². The highest BCUT2D eigenvalue weighted by Crippen LogP contribution is 2.24. The van der Waals surface area contributed by atoms with Gasteiger partial charge in [-0.25, -0.2) is 4.79 Å². The van der Waals surface area contributed by atoms with Gasteiger partial charge in [-0.1, -0.05) is 0 Å². The lowest BCUT2D eigenvalue weighted by Gasteiger charge is -1.89. The highest BCUT2D eigenvalue weighted by molar-refractivity contribution is 5.96. The summed E-state index contributed by atoms with van der Waals surface area (Å²) in [5.74, 6) is 0.170. The molecular weight excluding hydrogens is 194 g/mol. The van der Waals surface area contributed by atoms with Gasteiger partial charge in [0.05, 0.1) is 5.69 Å². The zero-order valence-corrected chi connectivity index (χ0v) is 7.98. The standard InChI is InChI=1S/C11H7NO3/c1-7(14)11-5-8-4-9(12-6-13)2-3-10(8)15-11/h2-5H,1H3. The summed E-state index contributed by atoms with van der Waals surface area (Å²) >= 11 is 0. The molecule has 0 aliphatic rings. The van der Waals surface area contributed by atoms with Crippen LogP contribution in [0.2, 0.25) is 0 Å². The number of nitrogens with zero attached hydrogens (tertiary/aromatic N) is 1. The molecule has 0 atom stereocenters. The van der Waals surface area contributed by atoms with Crippen LogP contribution < -0.4 is 0 Å². The Kier molecular flexibility index (Phi) is 2.20. The maximum absolute atomic E-state index is 11.0. The Morgan fingerprint density at radius 3 is 2.87 bits per heavy atom. The van der Waals surface area contributed by atoms with Gasteiger partial charge in [0.25, 0.3) is 0 Å². The van der Waals surface area contributed by atoms with Crippen molar-refractivity contribution in [3.63, 3.8) is 0 Å². The summed E-state index contributed by atoms with van der Waals surface area (Å²) in [6, 6.07) is 6.58. The molecule has 0 radical (unpaired) electrons. The minimum absolute atomic E-state index is 0.133. The van der Waals surface area contributed by atoms with E-state index in [4.69, 9.17) is 4.42 Å². The van der Waals surface area contributed by atoms with E-state index in [0.29, 0.717) is 17.0 Å². The number of hydrogen-bond acceptors (Lipinski definition) is 4. The number of isocyanates is 1. The van der Waals surface area contributed by atoms with Gasteiger partial charge in [-0.3, -0.25) is 4.79 Å². The fourth-order valence-corrected chi connectivity index (χ4v) is 1.33. The van der Waals surface area contributed by atoms with E-state index in [1.54, 1.807) is 24.3 Å². The lowest BCUT2D eigenvalue weighted by molar-refractivity contribution is 0.0989. The minimum Gasteiger partial charge on any atom is -0.453 e. The third kappa shape index (κ3) is 1.71. The van der Waals surface area contributed by atoms with Crippen molar-refractivity contribution in [2.75, 3.05) is 0 Å². The number of Topliss-reactive ketones (excluding diaryl/α,β-unsaturated/α-hetero) is 1. The molecule has 1 heterocycles. The van der Waals surface area contributed by atoms with E-state index in [9.17, 15) is 9.59 Å². The lowest BCUT2D eigenvalue weighted by atomic mass is 10.2. The second kappa shape index (κ2) is 3.52. The number of carbonyl (C=O) groups is 1. The van der Waals surface area contributed by atoms with Crippen molar-refractivity contribution in [1.82, 2.24) is 0 Å². The fraction of sp³-hybridized carbons (Fsp3) is 0.0909. The number of fused-ring (bicyclic) bond motifs is 1. The second-order valence-corrected chi connectivity index (χ2v) is 3.09. The molecule has 0 fully saturated rings. The Morgan fingerprint density at radius 2 is 2.20 bits per heavy atom. The van der Waals surface area contributed by atoms with Crippen LogP contribution in [0, 0.1) is 0 Å². The SMILES string of the molecule is CC(=O)c1cc2cc(N=C=O)ccc2o1. The van der Waals surface area contributed by atoms with Crippen molar-refractivity contribution >= 4 is 28.5 Å². The fourth-order valence-electron chi connectivity index (χ4n) is 1.33. The smallest absolute Gasteiger partial charge is 0.240 e. The Hall–Kier alpha value is -2.19. The van der Waals surface area contributed by atoms with E-state index >= 15 is 0 Å². The molecule has 0 saturated carbocycles. The van der Waals surface area contributed by atoms with Crippen LogP contribution >= 0.6 is 0 Å². The zero-order chi connectivity index (χ0) is 10.8. The van der Waals surface area contributed by atoms with Gasteiger partial charge in [0.1, 0.15) is 5.58 Å². The van der Waals surface area contributed by atoms with E-state index in [1.807, 2.05) is 0 Å². The quantitative estimate of drug-likeness (QED) is 0.426. The van der Waals surface area contributed by atoms with E-state index in [2.05, 4.69) is 4.99 Å². The molecule has 0 aliphatic heterocycles. The molecule has 0 saturated heterocycles. The minimum atomic E-state index is -0.133. The summed E-state index contributed by atoms with van der Waals surface area (Å²) in [6.07, 6.45) is 1.46. The molecule has 4 heteroatoms. The van der Waals surface area contributed by atoms with Crippen molar-refractivity contribution in [2.24, 2.45) is 4.99 Å². The molecule has 0 aliphatic carbocycles. The maximum Gasteiger partial charge on any atom is 0.240 e. The summed E-state index contributed by atoms with van der Waals surface area (Å²) in [4.78, 5) is 24.6. The molecule has 15 heavy (non-hydrogen) atoms. The number of benzene rings is 1. The van der Waals surface area contributed by atoms with Crippen LogP contribution in [-0.2, 0) is 4.79 Å². The Balaban J connectivity index is 2.61. The topological polar surface area (TPSA) is 59.6 Å². The average molecular weight is 201 g/mol. The third-order valence-corrected chi connectivity index (χ3v) is 2.02. The van der Waals surface area contributed by atoms with Gasteiger partial charge in [0.15, 0.2) is 11.5 Å². The van der Waals surface area contributed by atoms with Crippen LogP contribution in [0.1, 0.15) is 17.5 Å². The first-order chi connectivity index (χ1) is 7.20. The number of aliphatic imine (C=N–C) groups is 1. The summed E-state index contributed by atoms with van der Waals surface area (Å²) in [5.41, 5.74) is 1.10. The normalized spacial score (nSPS) is 9.93. The van der Waals surface area contributed by atoms with Crippen LogP contribution in [0.3, 0.4) is 0 Å². The maximum atomic E-state index is 11.0. The largest absolute Gasteiger partial charge is 0.453 e. The van der Waals surface area contributed by atoms with Crippen LogP contribution in [0.5, 0.6) is 0 Å². The Bertz CT molecular complexity index is 577. The molecule has 2 aromatic rings. The number of carbonyl (C=O) groups excluding carboxylic acids is 2. The highest BCUT2D eigenvalue weighted by Gasteiger charge is 2.07. The molecule has 4 nitrogen and oxygen atoms in total. The first kappa shape index (κ1) is 9.37. The molecule has 2 rings (SSSR count). The van der Waals surface area contributed by atoms with Gasteiger partial charge in [0, 0.05) is 12.3 Å². The third-order valence-electron chi connectivity index (χ3n) is 2.02. The molecule has 74 valence electrons. The molecule has 0 unspecified atom stereocenters. The summed E-state index contributed by atoms with van der Waals surface area (Å²) < 4.78 is 5.27. The Morgan fingerprint density at radius 1 is 1.40 bits per heavy atom. The first-order valence-electron chi connectivity index (χ1n) is 4.33. The van der Waals surface area contributed by atoms with Gasteiger partial charge in [-0.05, 0) is 24.3 Å². The molecule has 0 bridgehead atoms. The predicted octanol–water partition coefficient (Wildman–Crippen LogP) is 2.60.